The van der Waals surface area contributed by atoms with Crippen molar-refractivity contribution in [3.63, 3.8) is 0 Å². The predicted molar refractivity (Wildman–Crippen MR) is 79.0 cm³/mol. The van der Waals surface area contributed by atoms with Crippen molar-refractivity contribution in [1.29, 1.82) is 0 Å². The molecule has 1 aromatic rings. The maximum Gasteiger partial charge on any atom is 0.500 e. The Kier molecular flexibility index (Phi) is 3.25. The highest BCUT2D eigenvalue weighted by atomic mass is 16.7. The third-order valence-electron chi connectivity index (χ3n) is 4.50. The van der Waals surface area contributed by atoms with E-state index in [1.807, 2.05) is 27.7 Å². The SMILES string of the molecule is CC1(C)OB(c2cncnc2NCC2CC2)OC1(C)C. The summed E-state index contributed by atoms with van der Waals surface area (Å²) >= 11 is 0. The Balaban J connectivity index is 1.79. The topological polar surface area (TPSA) is 56.3 Å². The van der Waals surface area contributed by atoms with Crippen molar-refractivity contribution in [2.45, 2.75) is 51.7 Å². The maximum atomic E-state index is 6.07. The first-order chi connectivity index (χ1) is 9.39. The Morgan fingerprint density at radius 2 is 1.90 bits per heavy atom. The molecule has 0 unspecified atom stereocenters. The van der Waals surface area contributed by atoms with E-state index in [0.717, 1.165) is 23.7 Å². The Morgan fingerprint density at radius 1 is 1.25 bits per heavy atom. The van der Waals surface area contributed by atoms with Crippen LogP contribution in [0.3, 0.4) is 0 Å². The van der Waals surface area contributed by atoms with E-state index in [1.54, 1.807) is 12.5 Å². The van der Waals surface area contributed by atoms with Crippen LogP contribution in [0.4, 0.5) is 5.82 Å². The van der Waals surface area contributed by atoms with E-state index in [0.29, 0.717) is 0 Å². The Labute approximate surface area is 120 Å². The molecule has 0 amide bonds. The second-order valence-electron chi connectivity index (χ2n) is 6.74. The van der Waals surface area contributed by atoms with Gasteiger partial charge in [0.1, 0.15) is 12.1 Å². The van der Waals surface area contributed by atoms with Crippen LogP contribution < -0.4 is 10.8 Å². The highest BCUT2D eigenvalue weighted by Gasteiger charge is 2.52. The predicted octanol–water partition coefficient (Wildman–Crippen LogP) is 1.60. The van der Waals surface area contributed by atoms with Crippen molar-refractivity contribution in [1.82, 2.24) is 9.97 Å². The van der Waals surface area contributed by atoms with E-state index in [9.17, 15) is 0 Å². The van der Waals surface area contributed by atoms with Crippen LogP contribution in [0.15, 0.2) is 12.5 Å². The summed E-state index contributed by atoms with van der Waals surface area (Å²) in [6.07, 6.45) is 5.96. The number of nitrogens with one attached hydrogen (secondary N) is 1. The second kappa shape index (κ2) is 4.70. The molecule has 108 valence electrons. The van der Waals surface area contributed by atoms with Gasteiger partial charge in [0.25, 0.3) is 0 Å². The molecular formula is C14H22BN3O2. The molecule has 1 saturated carbocycles. The smallest absolute Gasteiger partial charge is 0.399 e. The molecule has 2 fully saturated rings. The number of anilines is 1. The summed E-state index contributed by atoms with van der Waals surface area (Å²) in [6.45, 7) is 9.16. The van der Waals surface area contributed by atoms with Crippen molar-refractivity contribution in [2.24, 2.45) is 5.92 Å². The van der Waals surface area contributed by atoms with Gasteiger partial charge in [-0.3, -0.25) is 0 Å². The van der Waals surface area contributed by atoms with E-state index in [-0.39, 0.29) is 11.2 Å². The fraction of sp³-hybridized carbons (Fsp3) is 0.714. The molecule has 1 aliphatic carbocycles. The molecule has 3 rings (SSSR count). The third-order valence-corrected chi connectivity index (χ3v) is 4.50. The Morgan fingerprint density at radius 3 is 2.50 bits per heavy atom. The molecule has 5 nitrogen and oxygen atoms in total. The largest absolute Gasteiger partial charge is 0.500 e. The summed E-state index contributed by atoms with van der Waals surface area (Å²) in [5, 5.41) is 3.40. The quantitative estimate of drug-likeness (QED) is 0.846. The molecule has 2 heterocycles. The van der Waals surface area contributed by atoms with E-state index in [1.165, 1.54) is 12.8 Å². The van der Waals surface area contributed by atoms with Gasteiger partial charge in [0.15, 0.2) is 0 Å². The average Bonchev–Trinajstić information content (AvgIpc) is 3.15. The van der Waals surface area contributed by atoms with Gasteiger partial charge in [-0.05, 0) is 46.5 Å². The molecule has 20 heavy (non-hydrogen) atoms. The van der Waals surface area contributed by atoms with Crippen molar-refractivity contribution in [3.8, 4) is 0 Å². The summed E-state index contributed by atoms with van der Waals surface area (Å²) in [5.74, 6) is 1.61. The molecule has 0 radical (unpaired) electrons. The van der Waals surface area contributed by atoms with Crippen LogP contribution in [0.1, 0.15) is 40.5 Å². The van der Waals surface area contributed by atoms with Gasteiger partial charge >= 0.3 is 7.12 Å². The highest BCUT2D eigenvalue weighted by Crippen LogP contribution is 2.37. The molecule has 0 atom stereocenters. The van der Waals surface area contributed by atoms with Crippen LogP contribution >= 0.6 is 0 Å². The first-order valence-electron chi connectivity index (χ1n) is 7.28. The third kappa shape index (κ3) is 2.54. The molecule has 0 spiro atoms. The Bertz CT molecular complexity index is 487. The van der Waals surface area contributed by atoms with Crippen molar-refractivity contribution in [2.75, 3.05) is 11.9 Å². The van der Waals surface area contributed by atoms with E-state index >= 15 is 0 Å². The standard InChI is InChI=1S/C14H22BN3O2/c1-13(2)14(3,4)20-15(19-13)11-8-16-9-18-12(11)17-7-10-5-6-10/h8-10H,5-7H2,1-4H3,(H,16,17,18). The first-order valence-corrected chi connectivity index (χ1v) is 7.28. The molecule has 0 bridgehead atoms. The monoisotopic (exact) mass is 275 g/mol. The van der Waals surface area contributed by atoms with Crippen LogP contribution in [0, 0.1) is 5.92 Å². The molecule has 1 N–H and O–H groups in total. The molecule has 0 aromatic carbocycles. The zero-order chi connectivity index (χ0) is 14.4. The van der Waals surface area contributed by atoms with E-state index in [4.69, 9.17) is 9.31 Å². The van der Waals surface area contributed by atoms with Gasteiger partial charge in [0.2, 0.25) is 0 Å². The fourth-order valence-electron chi connectivity index (χ4n) is 2.19. The lowest BCUT2D eigenvalue weighted by Crippen LogP contribution is -2.41. The highest BCUT2D eigenvalue weighted by molar-refractivity contribution is 6.63. The molecule has 1 aromatic heterocycles. The molecule has 1 saturated heterocycles. The number of nitrogens with zero attached hydrogens (tertiary/aromatic N) is 2. The van der Waals surface area contributed by atoms with Crippen molar-refractivity contribution >= 4 is 18.4 Å². The van der Waals surface area contributed by atoms with Gasteiger partial charge in [-0.2, -0.15) is 0 Å². The van der Waals surface area contributed by atoms with Crippen LogP contribution in [0.2, 0.25) is 0 Å². The van der Waals surface area contributed by atoms with Gasteiger partial charge in [0, 0.05) is 18.2 Å². The van der Waals surface area contributed by atoms with Gasteiger partial charge in [-0.15, -0.1) is 0 Å². The minimum atomic E-state index is -0.414. The van der Waals surface area contributed by atoms with Gasteiger partial charge in [-0.25, -0.2) is 9.97 Å². The molecular weight excluding hydrogens is 253 g/mol. The first kappa shape index (κ1) is 13.8. The van der Waals surface area contributed by atoms with Crippen LogP contribution in [0.25, 0.3) is 0 Å². The van der Waals surface area contributed by atoms with Crippen LogP contribution in [-0.4, -0.2) is 34.8 Å². The maximum absolute atomic E-state index is 6.07. The number of rotatable bonds is 4. The van der Waals surface area contributed by atoms with Gasteiger partial charge in [-0.1, -0.05) is 0 Å². The molecule has 1 aliphatic heterocycles. The fourth-order valence-corrected chi connectivity index (χ4v) is 2.19. The van der Waals surface area contributed by atoms with Crippen LogP contribution in [0.5, 0.6) is 0 Å². The number of hydrogen-bond acceptors (Lipinski definition) is 5. The van der Waals surface area contributed by atoms with Crippen molar-refractivity contribution in [3.05, 3.63) is 12.5 Å². The average molecular weight is 275 g/mol. The van der Waals surface area contributed by atoms with E-state index in [2.05, 4.69) is 15.3 Å². The summed E-state index contributed by atoms with van der Waals surface area (Å²) in [4.78, 5) is 8.45. The zero-order valence-electron chi connectivity index (χ0n) is 12.6. The lowest BCUT2D eigenvalue weighted by atomic mass is 9.80. The number of aromatic nitrogens is 2. The summed E-state index contributed by atoms with van der Waals surface area (Å²) in [5.41, 5.74) is 0.189. The van der Waals surface area contributed by atoms with Crippen LogP contribution in [-0.2, 0) is 9.31 Å². The van der Waals surface area contributed by atoms with Gasteiger partial charge < -0.3 is 14.6 Å². The summed E-state index contributed by atoms with van der Waals surface area (Å²) in [7, 11) is -0.414. The lowest BCUT2D eigenvalue weighted by Gasteiger charge is -2.32. The second-order valence-corrected chi connectivity index (χ2v) is 6.74. The lowest BCUT2D eigenvalue weighted by molar-refractivity contribution is 0.00578. The van der Waals surface area contributed by atoms with Crippen molar-refractivity contribution < 1.29 is 9.31 Å². The molecule has 2 aliphatic rings. The normalized spacial score (nSPS) is 23.9. The summed E-state index contributed by atoms with van der Waals surface area (Å²) < 4.78 is 12.1. The molecule has 6 heteroatoms. The van der Waals surface area contributed by atoms with Gasteiger partial charge in [0.05, 0.1) is 11.2 Å². The van der Waals surface area contributed by atoms with E-state index < -0.39 is 7.12 Å². The minimum absolute atomic E-state index is 0.346. The Hall–Kier alpha value is -1.14. The minimum Gasteiger partial charge on any atom is -0.399 e. The number of hydrogen-bond donors (Lipinski definition) is 1. The zero-order valence-corrected chi connectivity index (χ0v) is 12.6. The summed E-state index contributed by atoms with van der Waals surface area (Å²) in [6, 6.07) is 0.